The summed E-state index contributed by atoms with van der Waals surface area (Å²) in [6.07, 6.45) is 2.51. The number of thiazole rings is 1. The highest BCUT2D eigenvalue weighted by Crippen LogP contribution is 2.45. The van der Waals surface area contributed by atoms with Crippen molar-refractivity contribution in [3.63, 3.8) is 0 Å². The first-order valence-electron chi connectivity index (χ1n) is 19.0. The molecule has 2 saturated heterocycles. The summed E-state index contributed by atoms with van der Waals surface area (Å²) in [6, 6.07) is 30.7. The third kappa shape index (κ3) is 8.87. The second-order valence-corrected chi connectivity index (χ2v) is 16.9. The zero-order valence-electron chi connectivity index (χ0n) is 31.9. The number of oxime groups is 1. The summed E-state index contributed by atoms with van der Waals surface area (Å²) in [5.74, 6) is 3.51. The van der Waals surface area contributed by atoms with E-state index in [0.29, 0.717) is 23.9 Å². The van der Waals surface area contributed by atoms with E-state index in [4.69, 9.17) is 25.1 Å². The molecule has 3 aliphatic heterocycles. The second kappa shape index (κ2) is 18.6. The van der Waals surface area contributed by atoms with Crippen LogP contribution in [-0.2, 0) is 34.2 Å². The number of fused-ring (bicyclic) bond motifs is 1. The number of rotatable bonds is 17. The Morgan fingerprint density at radius 3 is 2.32 bits per heavy atom. The maximum atomic E-state index is 13.3. The molecule has 0 aliphatic carbocycles. The lowest BCUT2D eigenvalue weighted by atomic mass is 9.77. The third-order valence-electron chi connectivity index (χ3n) is 10.0. The number of aliphatic carboxylic acids is 1. The number of hydrogen-bond acceptors (Lipinski definition) is 16. The maximum Gasteiger partial charge on any atom is 0.352 e. The quantitative estimate of drug-likeness (QED) is 0.0248. The Hall–Kier alpha value is -5.80. The van der Waals surface area contributed by atoms with Crippen molar-refractivity contribution in [3.8, 4) is 0 Å². The van der Waals surface area contributed by atoms with Crippen molar-refractivity contribution in [2.24, 2.45) is 5.16 Å². The Labute approximate surface area is 356 Å². The van der Waals surface area contributed by atoms with Crippen LogP contribution < -0.4 is 16.5 Å². The van der Waals surface area contributed by atoms with Gasteiger partial charge in [-0.1, -0.05) is 113 Å². The van der Waals surface area contributed by atoms with Crippen LogP contribution in [0.15, 0.2) is 118 Å². The lowest BCUT2D eigenvalue weighted by Gasteiger charge is -2.46. The molecule has 0 radical (unpaired) electrons. The fourth-order valence-corrected chi connectivity index (χ4v) is 10.4. The van der Waals surface area contributed by atoms with Crippen molar-refractivity contribution >= 4 is 64.0 Å². The van der Waals surface area contributed by atoms with Crippen LogP contribution in [0.3, 0.4) is 0 Å². The minimum atomic E-state index is -1.30. The van der Waals surface area contributed by atoms with Gasteiger partial charge in [-0.15, -0.1) is 27.9 Å². The molecule has 310 valence electrons. The first kappa shape index (κ1) is 41.0. The number of carboxylic acid groups (broad SMARTS) is 1. The van der Waals surface area contributed by atoms with E-state index in [9.17, 15) is 19.5 Å². The van der Waals surface area contributed by atoms with Crippen LogP contribution in [0.25, 0.3) is 0 Å². The number of tetrazole rings is 1. The number of nitrogens with zero attached hydrogens (tertiary/aromatic N) is 7. The van der Waals surface area contributed by atoms with E-state index in [-0.39, 0.29) is 41.1 Å². The van der Waals surface area contributed by atoms with Gasteiger partial charge in [-0.2, -0.15) is 0 Å². The maximum absolute atomic E-state index is 13.3. The van der Waals surface area contributed by atoms with Crippen LogP contribution in [0.5, 0.6) is 0 Å². The fourth-order valence-electron chi connectivity index (χ4n) is 7.20. The number of nitrogen functional groups attached to an aromatic ring is 1. The van der Waals surface area contributed by atoms with Gasteiger partial charge in [0, 0.05) is 23.3 Å². The van der Waals surface area contributed by atoms with E-state index in [1.54, 1.807) is 0 Å². The summed E-state index contributed by atoms with van der Waals surface area (Å²) in [6.45, 7) is 0.478. The summed E-state index contributed by atoms with van der Waals surface area (Å²) in [4.78, 5) is 51.0. The molecule has 2 fully saturated rings. The minimum absolute atomic E-state index is 0.0250. The first-order chi connectivity index (χ1) is 29.3. The van der Waals surface area contributed by atoms with Crippen molar-refractivity contribution in [1.29, 1.82) is 0 Å². The summed E-state index contributed by atoms with van der Waals surface area (Å²) >= 11 is 3.74. The highest BCUT2D eigenvalue weighted by molar-refractivity contribution is 8.01. The third-order valence-corrected chi connectivity index (χ3v) is 13.2. The van der Waals surface area contributed by atoms with Gasteiger partial charge in [0.05, 0.1) is 17.5 Å². The number of benzene rings is 3. The largest absolute Gasteiger partial charge is 0.477 e. The number of anilines is 1. The number of β-lactam (4-membered cyclic amide) rings is 1. The molecule has 0 spiro atoms. The summed E-state index contributed by atoms with van der Waals surface area (Å²) in [5, 5.41) is 33.1. The van der Waals surface area contributed by atoms with E-state index in [1.807, 2.05) is 60.0 Å². The number of hydrogen-bond donors (Lipinski definition) is 4. The molecule has 0 saturated carbocycles. The zero-order chi connectivity index (χ0) is 41.5. The van der Waals surface area contributed by atoms with E-state index >= 15 is 0 Å². The van der Waals surface area contributed by atoms with Crippen LogP contribution >= 0.6 is 34.9 Å². The molecule has 5 aromatic rings. The van der Waals surface area contributed by atoms with Gasteiger partial charge >= 0.3 is 5.97 Å². The molecule has 4 atom stereocenters. The van der Waals surface area contributed by atoms with Gasteiger partial charge in [-0.3, -0.25) is 14.5 Å². The first-order valence-corrected chi connectivity index (χ1v) is 21.8. The van der Waals surface area contributed by atoms with Gasteiger partial charge in [-0.25, -0.2) is 9.78 Å². The predicted octanol–water partition coefficient (Wildman–Crippen LogP) is 4.71. The Morgan fingerprint density at radius 1 is 1.05 bits per heavy atom. The number of ether oxygens (including phenoxy) is 2. The lowest BCUT2D eigenvalue weighted by Crippen LogP contribution is -2.57. The summed E-state index contributed by atoms with van der Waals surface area (Å²) in [5.41, 5.74) is 2.96. The molecular formula is C40H40N10O7S3. The van der Waals surface area contributed by atoms with Crippen LogP contribution in [0, 0.1) is 0 Å². The topological polar surface area (TPSA) is 221 Å². The Kier molecular flexibility index (Phi) is 12.7. The van der Waals surface area contributed by atoms with Gasteiger partial charge in [0.1, 0.15) is 35.5 Å². The molecule has 60 heavy (non-hydrogen) atoms. The van der Waals surface area contributed by atoms with Crippen LogP contribution in [0.1, 0.15) is 54.2 Å². The lowest BCUT2D eigenvalue weighted by molar-refractivity contribution is -0.200. The number of thioether (sulfide) groups is 2. The monoisotopic (exact) mass is 868 g/mol. The predicted molar refractivity (Wildman–Crippen MR) is 225 cm³/mol. The Morgan fingerprint density at radius 2 is 1.73 bits per heavy atom. The molecule has 2 aromatic heterocycles. The Bertz CT molecular complexity index is 2250. The average molecular weight is 869 g/mol. The molecule has 0 bridgehead atoms. The number of nitrogens with two attached hydrogens (primary N) is 1. The van der Waals surface area contributed by atoms with Crippen LogP contribution in [-0.4, -0.2) is 95.3 Å². The number of carbonyl (C=O) groups is 3. The summed E-state index contributed by atoms with van der Waals surface area (Å²) < 4.78 is 12.3. The van der Waals surface area contributed by atoms with E-state index in [0.717, 1.165) is 52.3 Å². The van der Waals surface area contributed by atoms with Gasteiger partial charge in [-0.05, 0) is 46.4 Å². The van der Waals surface area contributed by atoms with Crippen molar-refractivity contribution < 1.29 is 33.8 Å². The van der Waals surface area contributed by atoms with Gasteiger partial charge in [0.15, 0.2) is 11.4 Å². The molecule has 20 heteroatoms. The SMILES string of the molecule is Nn1nnnc1SCC1=C(C(=O)O)N2C(=O)C[C@@H]2SC1NC(=O)/C=N\OCC(OC1CCCCO1)c1csc(NC(c2ccccc2)(c2ccccc2)c2ccccc2)n1. The highest BCUT2D eigenvalue weighted by atomic mass is 32.2. The van der Waals surface area contributed by atoms with Crippen molar-refractivity contribution in [3.05, 3.63) is 130 Å². The average Bonchev–Trinajstić information content (AvgIpc) is 3.92. The molecule has 3 aromatic carbocycles. The number of aromatic nitrogens is 5. The van der Waals surface area contributed by atoms with E-state index < -0.39 is 40.6 Å². The standard InChI is InChI=1S/C40H40N10O7S3/c41-50-39(46-47-48-50)59-23-28-35(37(53)54)49-32(52)20-33(49)60-36(28)44-31(51)21-42-56-22-30(57-34-18-10-11-19-55-34)29-24-58-38(43-29)45-40(25-12-4-1-5-13-25,26-14-6-2-7-15-26)27-16-8-3-9-17-27/h1-9,12-17,21,24,30,33-34,36H,10-11,18-20,22-23,41H2,(H,43,45)(H,44,51)(H,53,54)/b42-21-/t30?,33-,34?,36?/m0/s1. The number of carbonyl (C=O) groups excluding carboxylic acids is 2. The molecule has 3 aliphatic rings. The second-order valence-electron chi connectivity index (χ2n) is 13.8. The minimum Gasteiger partial charge on any atom is -0.477 e. The Balaban J connectivity index is 1.000. The van der Waals surface area contributed by atoms with E-state index in [1.165, 1.54) is 28.0 Å². The van der Waals surface area contributed by atoms with Gasteiger partial charge in [0.2, 0.25) is 11.1 Å². The number of carboxylic acids is 1. The van der Waals surface area contributed by atoms with Gasteiger partial charge in [0.25, 0.3) is 5.91 Å². The molecule has 2 amide bonds. The normalized spacial score (nSPS) is 19.7. The van der Waals surface area contributed by atoms with Crippen molar-refractivity contribution in [2.45, 2.75) is 59.5 Å². The molecule has 8 rings (SSSR count). The molecule has 5 N–H and O–H groups in total. The molecule has 5 heterocycles. The smallest absolute Gasteiger partial charge is 0.352 e. The number of amides is 2. The van der Waals surface area contributed by atoms with Gasteiger partial charge < -0.3 is 35.9 Å². The zero-order valence-corrected chi connectivity index (χ0v) is 34.4. The van der Waals surface area contributed by atoms with E-state index in [2.05, 4.69) is 67.7 Å². The van der Waals surface area contributed by atoms with Crippen LogP contribution in [0.2, 0.25) is 0 Å². The molecular weight excluding hydrogens is 829 g/mol. The van der Waals surface area contributed by atoms with Crippen LogP contribution in [0.4, 0.5) is 5.13 Å². The highest BCUT2D eigenvalue weighted by Gasteiger charge is 2.49. The number of nitrogens with one attached hydrogen (secondary N) is 2. The fraction of sp³-hybridized carbons (Fsp3) is 0.300. The van der Waals surface area contributed by atoms with Crippen molar-refractivity contribution in [2.75, 3.05) is 30.1 Å². The molecule has 3 unspecified atom stereocenters. The summed E-state index contributed by atoms with van der Waals surface area (Å²) in [7, 11) is 0. The molecule has 17 nitrogen and oxygen atoms in total. The van der Waals surface area contributed by atoms with Crippen molar-refractivity contribution in [1.82, 2.24) is 35.5 Å².